The van der Waals surface area contributed by atoms with E-state index < -0.39 is 30.0 Å². The summed E-state index contributed by atoms with van der Waals surface area (Å²) in [5.74, 6) is -2.98. The van der Waals surface area contributed by atoms with Gasteiger partial charge >= 0.3 is 12.1 Å². The SMILES string of the molecule is COC(=O)C(O)(CC(=O)c1ccncc1)C(F)(F)F. The molecule has 0 fully saturated rings. The number of ether oxygens (including phenoxy) is 1. The molecule has 19 heavy (non-hydrogen) atoms. The summed E-state index contributed by atoms with van der Waals surface area (Å²) >= 11 is 0. The lowest BCUT2D eigenvalue weighted by atomic mass is 9.93. The van der Waals surface area contributed by atoms with E-state index in [2.05, 4.69) is 9.72 Å². The Morgan fingerprint density at radius 2 is 1.84 bits per heavy atom. The molecule has 0 bridgehead atoms. The number of aromatic nitrogens is 1. The van der Waals surface area contributed by atoms with Crippen LogP contribution in [0.25, 0.3) is 0 Å². The minimum absolute atomic E-state index is 0.0958. The number of aliphatic hydroxyl groups is 1. The number of halogens is 3. The molecule has 0 amide bonds. The number of hydrogen-bond donors (Lipinski definition) is 1. The second-order valence-electron chi connectivity index (χ2n) is 3.69. The van der Waals surface area contributed by atoms with Crippen LogP contribution < -0.4 is 0 Å². The minimum Gasteiger partial charge on any atom is -0.467 e. The van der Waals surface area contributed by atoms with Gasteiger partial charge < -0.3 is 9.84 Å². The Labute approximate surface area is 106 Å². The van der Waals surface area contributed by atoms with Crippen molar-refractivity contribution in [1.29, 1.82) is 0 Å². The first kappa shape index (κ1) is 15.1. The van der Waals surface area contributed by atoms with Gasteiger partial charge in [0.05, 0.1) is 13.5 Å². The van der Waals surface area contributed by atoms with Gasteiger partial charge in [-0.15, -0.1) is 0 Å². The third kappa shape index (κ3) is 3.08. The number of rotatable bonds is 4. The van der Waals surface area contributed by atoms with Gasteiger partial charge in [-0.25, -0.2) is 4.79 Å². The highest BCUT2D eigenvalue weighted by atomic mass is 19.4. The van der Waals surface area contributed by atoms with Gasteiger partial charge in [-0.3, -0.25) is 9.78 Å². The van der Waals surface area contributed by atoms with Crippen LogP contribution in [0.4, 0.5) is 13.2 Å². The predicted molar refractivity (Wildman–Crippen MR) is 56.2 cm³/mol. The lowest BCUT2D eigenvalue weighted by Gasteiger charge is -2.26. The summed E-state index contributed by atoms with van der Waals surface area (Å²) < 4.78 is 42.0. The van der Waals surface area contributed by atoms with Gasteiger partial charge in [-0.05, 0) is 12.1 Å². The molecular weight excluding hydrogens is 267 g/mol. The normalized spacial score (nSPS) is 14.6. The summed E-state index contributed by atoms with van der Waals surface area (Å²) in [7, 11) is 0.690. The molecule has 1 atom stereocenters. The van der Waals surface area contributed by atoms with Crippen LogP contribution in [0.15, 0.2) is 24.5 Å². The monoisotopic (exact) mass is 277 g/mol. The first-order valence-corrected chi connectivity index (χ1v) is 5.03. The van der Waals surface area contributed by atoms with Crippen LogP contribution in [0.2, 0.25) is 0 Å². The topological polar surface area (TPSA) is 76.5 Å². The van der Waals surface area contributed by atoms with Crippen LogP contribution >= 0.6 is 0 Å². The second-order valence-corrected chi connectivity index (χ2v) is 3.69. The Morgan fingerprint density at radius 1 is 1.32 bits per heavy atom. The van der Waals surface area contributed by atoms with Gasteiger partial charge in [-0.1, -0.05) is 0 Å². The van der Waals surface area contributed by atoms with Crippen molar-refractivity contribution in [2.45, 2.75) is 18.2 Å². The Balaban J connectivity index is 3.04. The highest BCUT2D eigenvalue weighted by molar-refractivity contribution is 6.00. The molecule has 0 spiro atoms. The summed E-state index contributed by atoms with van der Waals surface area (Å²) in [4.78, 5) is 26.3. The zero-order chi connectivity index (χ0) is 14.7. The molecule has 0 aromatic carbocycles. The molecule has 0 aliphatic rings. The van der Waals surface area contributed by atoms with Gasteiger partial charge in [0.15, 0.2) is 5.78 Å². The molecule has 0 saturated carbocycles. The molecule has 5 nitrogen and oxygen atoms in total. The maximum absolute atomic E-state index is 12.7. The average Bonchev–Trinajstić information content (AvgIpc) is 2.37. The van der Waals surface area contributed by atoms with Crippen LogP contribution in [-0.2, 0) is 9.53 Å². The molecule has 1 heterocycles. The zero-order valence-electron chi connectivity index (χ0n) is 9.77. The van der Waals surface area contributed by atoms with Crippen LogP contribution in [0.3, 0.4) is 0 Å². The van der Waals surface area contributed by atoms with Crippen LogP contribution in [-0.4, -0.2) is 40.7 Å². The molecule has 0 aliphatic heterocycles. The fourth-order valence-corrected chi connectivity index (χ4v) is 1.33. The fraction of sp³-hybridized carbons (Fsp3) is 0.364. The molecule has 8 heteroatoms. The molecule has 1 aromatic rings. The maximum atomic E-state index is 12.7. The van der Waals surface area contributed by atoms with Crippen molar-refractivity contribution in [2.75, 3.05) is 7.11 Å². The van der Waals surface area contributed by atoms with Crippen LogP contribution in [0.5, 0.6) is 0 Å². The molecule has 0 saturated heterocycles. The number of pyridine rings is 1. The summed E-state index contributed by atoms with van der Waals surface area (Å²) in [6.07, 6.45) is -4.36. The van der Waals surface area contributed by atoms with E-state index >= 15 is 0 Å². The quantitative estimate of drug-likeness (QED) is 0.659. The lowest BCUT2D eigenvalue weighted by molar-refractivity contribution is -0.260. The Bertz CT molecular complexity index is 475. The number of methoxy groups -OCH3 is 1. The van der Waals surface area contributed by atoms with Crippen molar-refractivity contribution in [3.63, 3.8) is 0 Å². The first-order valence-electron chi connectivity index (χ1n) is 5.03. The lowest BCUT2D eigenvalue weighted by Crippen LogP contribution is -2.54. The molecule has 1 N–H and O–H groups in total. The van der Waals surface area contributed by atoms with Crippen LogP contribution in [0, 0.1) is 0 Å². The van der Waals surface area contributed by atoms with Crippen molar-refractivity contribution in [2.24, 2.45) is 0 Å². The number of carbonyl (C=O) groups is 2. The smallest absolute Gasteiger partial charge is 0.428 e. The Kier molecular flexibility index (Phi) is 4.25. The van der Waals surface area contributed by atoms with Crippen molar-refractivity contribution in [3.05, 3.63) is 30.1 Å². The number of esters is 1. The first-order chi connectivity index (χ1) is 8.72. The molecule has 1 rings (SSSR count). The maximum Gasteiger partial charge on any atom is 0.428 e. The van der Waals surface area contributed by atoms with E-state index in [4.69, 9.17) is 0 Å². The van der Waals surface area contributed by atoms with E-state index in [0.717, 1.165) is 0 Å². The molecule has 104 valence electrons. The van der Waals surface area contributed by atoms with Crippen molar-refractivity contribution < 1.29 is 32.6 Å². The molecule has 0 aliphatic carbocycles. The van der Waals surface area contributed by atoms with E-state index in [1.54, 1.807) is 0 Å². The summed E-state index contributed by atoms with van der Waals surface area (Å²) in [5, 5.41) is 9.41. The standard InChI is InChI=1S/C11H10F3NO4/c1-19-9(17)10(18,11(12,13)14)6-8(16)7-2-4-15-5-3-7/h2-5,18H,6H2,1H3. The Morgan fingerprint density at radius 3 is 2.26 bits per heavy atom. The fourth-order valence-electron chi connectivity index (χ4n) is 1.33. The summed E-state index contributed by atoms with van der Waals surface area (Å²) in [5.41, 5.74) is -3.95. The van der Waals surface area contributed by atoms with E-state index in [-0.39, 0.29) is 5.56 Å². The number of carbonyl (C=O) groups excluding carboxylic acids is 2. The predicted octanol–water partition coefficient (Wildman–Crippen LogP) is 1.12. The van der Waals surface area contributed by atoms with Gasteiger partial charge in [0.25, 0.3) is 5.60 Å². The molecule has 1 aromatic heterocycles. The summed E-state index contributed by atoms with van der Waals surface area (Å²) in [6, 6.07) is 2.35. The molecule has 1 unspecified atom stereocenters. The summed E-state index contributed by atoms with van der Waals surface area (Å²) in [6.45, 7) is 0. The molecular formula is C11H10F3NO4. The van der Waals surface area contributed by atoms with Crippen molar-refractivity contribution in [3.8, 4) is 0 Å². The van der Waals surface area contributed by atoms with Gasteiger partial charge in [0, 0.05) is 18.0 Å². The van der Waals surface area contributed by atoms with Gasteiger partial charge in [-0.2, -0.15) is 13.2 Å². The number of ketones is 1. The minimum atomic E-state index is -5.32. The highest BCUT2D eigenvalue weighted by Crippen LogP contribution is 2.35. The van der Waals surface area contributed by atoms with Gasteiger partial charge in [0.1, 0.15) is 0 Å². The van der Waals surface area contributed by atoms with E-state index in [0.29, 0.717) is 7.11 Å². The zero-order valence-corrected chi connectivity index (χ0v) is 9.77. The largest absolute Gasteiger partial charge is 0.467 e. The average molecular weight is 277 g/mol. The molecule has 0 radical (unpaired) electrons. The number of Topliss-reactive ketones (excluding diaryl/α,β-unsaturated/α-hetero) is 1. The third-order valence-electron chi connectivity index (χ3n) is 2.41. The van der Waals surface area contributed by atoms with Gasteiger partial charge in [0.2, 0.25) is 0 Å². The number of hydrogen-bond acceptors (Lipinski definition) is 5. The van der Waals surface area contributed by atoms with Crippen molar-refractivity contribution in [1.82, 2.24) is 4.98 Å². The second kappa shape index (κ2) is 5.35. The number of alkyl halides is 3. The van der Waals surface area contributed by atoms with Crippen LogP contribution in [0.1, 0.15) is 16.8 Å². The van der Waals surface area contributed by atoms with E-state index in [1.165, 1.54) is 24.5 Å². The highest BCUT2D eigenvalue weighted by Gasteiger charge is 2.61. The number of nitrogens with zero attached hydrogens (tertiary/aromatic N) is 1. The van der Waals surface area contributed by atoms with E-state index in [1.807, 2.05) is 0 Å². The third-order valence-corrected chi connectivity index (χ3v) is 2.41. The Hall–Kier alpha value is -1.96. The van der Waals surface area contributed by atoms with E-state index in [9.17, 15) is 27.9 Å². The van der Waals surface area contributed by atoms with Crippen molar-refractivity contribution >= 4 is 11.8 Å².